The molecule has 0 spiro atoms. The zero-order valence-corrected chi connectivity index (χ0v) is 10.2. The number of rotatable bonds is 3. The van der Waals surface area contributed by atoms with Crippen molar-refractivity contribution in [2.75, 3.05) is 0 Å². The average Bonchev–Trinajstić information content (AvgIpc) is 2.22. The van der Waals surface area contributed by atoms with Crippen LogP contribution in [0.25, 0.3) is 0 Å². The fourth-order valence-electron chi connectivity index (χ4n) is 1.98. The number of pyridine rings is 1. The molecule has 90 valence electrons. The number of aromatic carboxylic acids is 1. The van der Waals surface area contributed by atoms with Crippen molar-refractivity contribution in [1.29, 1.82) is 0 Å². The lowest BCUT2D eigenvalue weighted by molar-refractivity contribution is 0.0694. The molecule has 4 heteroatoms. The summed E-state index contributed by atoms with van der Waals surface area (Å²) in [4.78, 5) is 23.0. The quantitative estimate of drug-likeness (QED) is 0.809. The number of carbonyl (C=O) groups is 1. The summed E-state index contributed by atoms with van der Waals surface area (Å²) in [6.07, 6.45) is 5.94. The summed E-state index contributed by atoms with van der Waals surface area (Å²) < 4.78 is 1.37. The van der Waals surface area contributed by atoms with Gasteiger partial charge in [0, 0.05) is 11.8 Å². The summed E-state index contributed by atoms with van der Waals surface area (Å²) in [6.45, 7) is 5.08. The maximum absolute atomic E-state index is 11.9. The van der Waals surface area contributed by atoms with Crippen molar-refractivity contribution in [3.05, 3.63) is 33.2 Å². The van der Waals surface area contributed by atoms with Gasteiger partial charge in [0.15, 0.2) is 0 Å². The Balaban J connectivity index is 3.64. The van der Waals surface area contributed by atoms with Gasteiger partial charge in [-0.15, -0.1) is 6.42 Å². The van der Waals surface area contributed by atoms with Crippen molar-refractivity contribution in [2.24, 2.45) is 0 Å². The van der Waals surface area contributed by atoms with Crippen molar-refractivity contribution in [1.82, 2.24) is 4.57 Å². The van der Waals surface area contributed by atoms with Crippen LogP contribution in [-0.2, 0) is 0 Å². The van der Waals surface area contributed by atoms with Crippen molar-refractivity contribution < 1.29 is 9.90 Å². The Bertz CT molecular complexity index is 549. The highest BCUT2D eigenvalue weighted by molar-refractivity contribution is 5.90. The summed E-state index contributed by atoms with van der Waals surface area (Å²) in [6, 6.07) is 0.914. The maximum atomic E-state index is 11.9. The van der Waals surface area contributed by atoms with E-state index in [1.807, 2.05) is 6.92 Å². The zero-order valence-electron chi connectivity index (χ0n) is 10.2. The summed E-state index contributed by atoms with van der Waals surface area (Å²) in [7, 11) is 0. The normalized spacial score (nSPS) is 11.9. The molecule has 0 aromatic carbocycles. The van der Waals surface area contributed by atoms with E-state index in [9.17, 15) is 9.59 Å². The minimum Gasteiger partial charge on any atom is -0.478 e. The minimum atomic E-state index is -1.04. The van der Waals surface area contributed by atoms with Gasteiger partial charge in [-0.2, -0.15) is 0 Å². The maximum Gasteiger partial charge on any atom is 0.337 e. The number of hydrogen-bond acceptors (Lipinski definition) is 2. The van der Waals surface area contributed by atoms with Crippen molar-refractivity contribution in [3.8, 4) is 12.3 Å². The van der Waals surface area contributed by atoms with Gasteiger partial charge in [-0.25, -0.2) is 4.79 Å². The van der Waals surface area contributed by atoms with Crippen molar-refractivity contribution in [3.63, 3.8) is 0 Å². The van der Waals surface area contributed by atoms with E-state index in [4.69, 9.17) is 11.5 Å². The summed E-state index contributed by atoms with van der Waals surface area (Å²) in [5.74, 6) is 1.46. The fraction of sp³-hybridized carbons (Fsp3) is 0.385. The largest absolute Gasteiger partial charge is 0.478 e. The Morgan fingerprint density at radius 3 is 2.59 bits per heavy atom. The van der Waals surface area contributed by atoms with E-state index in [1.165, 1.54) is 10.6 Å². The number of carboxylic acid groups (broad SMARTS) is 1. The van der Waals surface area contributed by atoms with Gasteiger partial charge in [-0.3, -0.25) is 9.36 Å². The van der Waals surface area contributed by atoms with Crippen molar-refractivity contribution in [2.45, 2.75) is 33.2 Å². The molecule has 0 aliphatic heterocycles. The molecule has 0 aliphatic carbocycles. The first kappa shape index (κ1) is 13.0. The zero-order chi connectivity index (χ0) is 13.2. The Hall–Kier alpha value is -2.02. The molecule has 0 fully saturated rings. The first-order chi connectivity index (χ1) is 7.93. The number of nitrogens with zero attached hydrogens (tertiary/aromatic N) is 1. The molecule has 17 heavy (non-hydrogen) atoms. The lowest BCUT2D eigenvalue weighted by Crippen LogP contribution is -2.28. The SMILES string of the molecule is C#CC(CC)n1c(C)c(C(=O)O)c(C)cc1=O. The van der Waals surface area contributed by atoms with E-state index in [0.717, 1.165) is 0 Å². The third kappa shape index (κ3) is 2.23. The highest BCUT2D eigenvalue weighted by atomic mass is 16.4. The summed E-state index contributed by atoms with van der Waals surface area (Å²) >= 11 is 0. The molecule has 0 aliphatic rings. The molecule has 0 saturated carbocycles. The lowest BCUT2D eigenvalue weighted by atomic mass is 10.1. The Labute approximate surface area is 99.9 Å². The predicted molar refractivity (Wildman–Crippen MR) is 65.3 cm³/mol. The molecule has 1 rings (SSSR count). The van der Waals surface area contributed by atoms with E-state index in [1.54, 1.807) is 13.8 Å². The Morgan fingerprint density at radius 2 is 2.18 bits per heavy atom. The van der Waals surface area contributed by atoms with Crippen LogP contribution in [0, 0.1) is 26.2 Å². The van der Waals surface area contributed by atoms with E-state index < -0.39 is 12.0 Å². The molecule has 1 N–H and O–H groups in total. The van der Waals surface area contributed by atoms with Gasteiger partial charge < -0.3 is 5.11 Å². The average molecular weight is 233 g/mol. The van der Waals surface area contributed by atoms with Crippen LogP contribution < -0.4 is 5.56 Å². The van der Waals surface area contributed by atoms with Gasteiger partial charge in [0.1, 0.15) is 0 Å². The molecule has 1 aromatic heterocycles. The van der Waals surface area contributed by atoms with Gasteiger partial charge >= 0.3 is 5.97 Å². The molecule has 1 unspecified atom stereocenters. The molecule has 1 heterocycles. The highest BCUT2D eigenvalue weighted by Crippen LogP contribution is 2.16. The number of aromatic nitrogens is 1. The number of carboxylic acids is 1. The first-order valence-electron chi connectivity index (χ1n) is 5.36. The number of aryl methyl sites for hydroxylation is 1. The number of terminal acetylenes is 1. The van der Waals surface area contributed by atoms with Crippen LogP contribution in [0.2, 0.25) is 0 Å². The molecule has 4 nitrogen and oxygen atoms in total. The Kier molecular flexibility index (Phi) is 3.74. The first-order valence-corrected chi connectivity index (χ1v) is 5.36. The predicted octanol–water partition coefficient (Wildman–Crippen LogP) is 1.75. The monoisotopic (exact) mass is 233 g/mol. The van der Waals surface area contributed by atoms with Crippen molar-refractivity contribution >= 4 is 5.97 Å². The third-order valence-corrected chi connectivity index (χ3v) is 2.80. The second-order valence-electron chi connectivity index (χ2n) is 3.89. The standard InChI is InChI=1S/C13H15NO3/c1-5-10(6-2)14-9(4)12(13(16)17)8(3)7-11(14)15/h1,7,10H,6H2,2-4H3,(H,16,17). The smallest absolute Gasteiger partial charge is 0.337 e. The van der Waals surface area contributed by atoms with Crippen LogP contribution in [-0.4, -0.2) is 15.6 Å². The Morgan fingerprint density at radius 1 is 1.59 bits per heavy atom. The summed E-state index contributed by atoms with van der Waals surface area (Å²) in [5.41, 5.74) is 0.767. The van der Waals surface area contributed by atoms with Crippen LogP contribution in [0.5, 0.6) is 0 Å². The number of hydrogen-bond donors (Lipinski definition) is 1. The molecular weight excluding hydrogens is 218 g/mol. The van der Waals surface area contributed by atoms with E-state index >= 15 is 0 Å². The van der Waals surface area contributed by atoms with Crippen LogP contribution in [0.4, 0.5) is 0 Å². The molecule has 1 aromatic rings. The van der Waals surface area contributed by atoms with Crippen LogP contribution in [0.1, 0.15) is 41.0 Å². The molecule has 0 amide bonds. The molecule has 0 radical (unpaired) electrons. The van der Waals surface area contributed by atoms with Crippen LogP contribution in [0.15, 0.2) is 10.9 Å². The van der Waals surface area contributed by atoms with Crippen LogP contribution in [0.3, 0.4) is 0 Å². The third-order valence-electron chi connectivity index (χ3n) is 2.80. The van der Waals surface area contributed by atoms with Gasteiger partial charge in [0.2, 0.25) is 0 Å². The molecule has 0 saturated heterocycles. The highest BCUT2D eigenvalue weighted by Gasteiger charge is 2.18. The molecule has 1 atom stereocenters. The van der Waals surface area contributed by atoms with Gasteiger partial charge in [0.25, 0.3) is 5.56 Å². The second kappa shape index (κ2) is 4.88. The van der Waals surface area contributed by atoms with Gasteiger partial charge in [-0.05, 0) is 25.8 Å². The van der Waals surface area contributed by atoms with Gasteiger partial charge in [0.05, 0.1) is 11.6 Å². The van der Waals surface area contributed by atoms with Gasteiger partial charge in [-0.1, -0.05) is 12.8 Å². The molecular formula is C13H15NO3. The van der Waals surface area contributed by atoms with E-state index in [-0.39, 0.29) is 11.1 Å². The van der Waals surface area contributed by atoms with E-state index in [0.29, 0.717) is 17.7 Å². The summed E-state index contributed by atoms with van der Waals surface area (Å²) in [5, 5.41) is 9.12. The fourth-order valence-corrected chi connectivity index (χ4v) is 1.98. The van der Waals surface area contributed by atoms with E-state index in [2.05, 4.69) is 5.92 Å². The molecule has 0 bridgehead atoms. The lowest BCUT2D eigenvalue weighted by Gasteiger charge is -2.18. The van der Waals surface area contributed by atoms with Crippen LogP contribution >= 0.6 is 0 Å². The minimum absolute atomic E-state index is 0.151. The second-order valence-corrected chi connectivity index (χ2v) is 3.89. The topological polar surface area (TPSA) is 59.3 Å².